The van der Waals surface area contributed by atoms with Crippen LogP contribution in [0.25, 0.3) is 10.9 Å². The van der Waals surface area contributed by atoms with Crippen LogP contribution in [0.5, 0.6) is 0 Å². The molecule has 0 radical (unpaired) electrons. The molecule has 3 aromatic rings. The Kier molecular flexibility index (Phi) is 5.94. The van der Waals surface area contributed by atoms with E-state index >= 15 is 0 Å². The average Bonchev–Trinajstić information content (AvgIpc) is 3.81. The van der Waals surface area contributed by atoms with Crippen LogP contribution < -0.4 is 10.2 Å². The smallest absolute Gasteiger partial charge is 0.303 e. The summed E-state index contributed by atoms with van der Waals surface area (Å²) in [4.78, 5) is 31.6. The molecule has 8 heteroatoms. The fraction of sp³-hybridized carbons (Fsp3) is 0.483. The van der Waals surface area contributed by atoms with Crippen LogP contribution in [0.15, 0.2) is 48.8 Å². The number of pyridine rings is 1. The Morgan fingerprint density at radius 3 is 2.62 bits per heavy atom. The fourth-order valence-electron chi connectivity index (χ4n) is 6.30. The fourth-order valence-corrected chi connectivity index (χ4v) is 6.30. The number of rotatable bonds is 9. The number of aromatic nitrogens is 2. The van der Waals surface area contributed by atoms with Crippen molar-refractivity contribution in [3.63, 3.8) is 0 Å². The molecule has 1 amide bonds. The van der Waals surface area contributed by atoms with Gasteiger partial charge in [-0.25, -0.2) is 0 Å². The van der Waals surface area contributed by atoms with Gasteiger partial charge < -0.3 is 25.0 Å². The highest BCUT2D eigenvalue weighted by Gasteiger charge is 2.65. The van der Waals surface area contributed by atoms with E-state index in [1.165, 1.54) is 0 Å². The van der Waals surface area contributed by atoms with Crippen molar-refractivity contribution >= 4 is 28.5 Å². The third-order valence-electron chi connectivity index (χ3n) is 8.73. The molecule has 0 bridgehead atoms. The van der Waals surface area contributed by atoms with Crippen molar-refractivity contribution in [3.8, 4) is 0 Å². The van der Waals surface area contributed by atoms with Crippen molar-refractivity contribution in [2.24, 2.45) is 5.41 Å². The maximum atomic E-state index is 13.6. The van der Waals surface area contributed by atoms with Crippen molar-refractivity contribution < 1.29 is 19.8 Å². The van der Waals surface area contributed by atoms with E-state index in [0.29, 0.717) is 25.1 Å². The first-order valence-corrected chi connectivity index (χ1v) is 13.4. The Morgan fingerprint density at radius 2 is 1.95 bits per heavy atom. The topological polar surface area (TPSA) is 108 Å². The van der Waals surface area contributed by atoms with Gasteiger partial charge in [0.25, 0.3) is 5.91 Å². The van der Waals surface area contributed by atoms with E-state index in [9.17, 15) is 19.8 Å². The zero-order valence-electron chi connectivity index (χ0n) is 21.0. The molecule has 3 N–H and O–H groups in total. The van der Waals surface area contributed by atoms with Gasteiger partial charge >= 0.3 is 5.97 Å². The number of nitrogens with one attached hydrogen (secondary N) is 1. The summed E-state index contributed by atoms with van der Waals surface area (Å²) in [6.45, 7) is 2.11. The standard InChI is InChI=1S/C29H34N4O4/c34-23-4-2-15-32(19-23)22-7-6-21(30-17-22)18-33-16-9-20-3-1-5-24(26(20)33)27(37)31-29(13-14-29)28(11-12-28)10-8-25(35)36/h1,3,5-7,9,16-17,23,34H,2,4,8,10-15,18-19H2,(H,31,37)(H,35,36). The summed E-state index contributed by atoms with van der Waals surface area (Å²) in [6, 6.07) is 11.9. The van der Waals surface area contributed by atoms with Gasteiger partial charge in [0.2, 0.25) is 0 Å². The summed E-state index contributed by atoms with van der Waals surface area (Å²) in [7, 11) is 0. The number of carboxylic acid groups (broad SMARTS) is 1. The molecule has 6 rings (SSSR count). The zero-order chi connectivity index (χ0) is 25.6. The number of β-amino-alcohol motifs (C(OH)–C–C–N with tert-alkyl or cyclic N) is 1. The normalized spacial score (nSPS) is 21.5. The molecule has 1 aromatic carbocycles. The molecule has 3 heterocycles. The van der Waals surface area contributed by atoms with Crippen molar-refractivity contribution in [3.05, 3.63) is 60.0 Å². The lowest BCUT2D eigenvalue weighted by Gasteiger charge is -2.31. The summed E-state index contributed by atoms with van der Waals surface area (Å²) in [5.74, 6) is -0.859. The molecule has 2 aliphatic carbocycles. The van der Waals surface area contributed by atoms with Gasteiger partial charge in [0.05, 0.1) is 41.3 Å². The summed E-state index contributed by atoms with van der Waals surface area (Å²) in [5.41, 5.74) is 3.12. The van der Waals surface area contributed by atoms with Gasteiger partial charge in [0.15, 0.2) is 0 Å². The molecule has 3 fully saturated rings. The number of para-hydroxylation sites is 1. The summed E-state index contributed by atoms with van der Waals surface area (Å²) < 4.78 is 2.08. The van der Waals surface area contributed by atoms with Gasteiger partial charge in [-0.05, 0) is 74.6 Å². The molecule has 1 unspecified atom stereocenters. The predicted octanol–water partition coefficient (Wildman–Crippen LogP) is 3.95. The van der Waals surface area contributed by atoms with E-state index in [4.69, 9.17) is 0 Å². The quantitative estimate of drug-likeness (QED) is 0.409. The maximum absolute atomic E-state index is 13.6. The largest absolute Gasteiger partial charge is 0.481 e. The number of aliphatic hydroxyl groups excluding tert-OH is 1. The number of aliphatic carboxylic acids is 1. The molecule has 37 heavy (non-hydrogen) atoms. The van der Waals surface area contributed by atoms with Crippen LogP contribution in [0.1, 0.15) is 67.4 Å². The summed E-state index contributed by atoms with van der Waals surface area (Å²) in [6.07, 6.45) is 9.99. The first-order valence-electron chi connectivity index (χ1n) is 13.4. The molecule has 0 spiro atoms. The Bertz CT molecular complexity index is 1320. The Labute approximate surface area is 216 Å². The number of benzene rings is 1. The molecule has 1 aliphatic heterocycles. The Hall–Kier alpha value is -3.39. The number of nitrogens with zero attached hydrogens (tertiary/aromatic N) is 3. The molecule has 2 aromatic heterocycles. The molecule has 1 atom stereocenters. The Balaban J connectivity index is 1.20. The highest BCUT2D eigenvalue weighted by atomic mass is 16.4. The van der Waals surface area contributed by atoms with Crippen LogP contribution in [-0.2, 0) is 11.3 Å². The van der Waals surface area contributed by atoms with Gasteiger partial charge in [-0.15, -0.1) is 0 Å². The van der Waals surface area contributed by atoms with Crippen LogP contribution in [0.4, 0.5) is 5.69 Å². The highest BCUT2D eigenvalue weighted by Crippen LogP contribution is 2.66. The lowest BCUT2D eigenvalue weighted by Crippen LogP contribution is -2.44. The molecular weight excluding hydrogens is 468 g/mol. The van der Waals surface area contributed by atoms with E-state index < -0.39 is 5.97 Å². The minimum atomic E-state index is -0.772. The number of carbonyl (C=O) groups is 2. The second-order valence-electron chi connectivity index (χ2n) is 11.1. The molecule has 3 aliphatic rings. The first kappa shape index (κ1) is 24.0. The van der Waals surface area contributed by atoms with Gasteiger partial charge in [-0.1, -0.05) is 12.1 Å². The summed E-state index contributed by atoms with van der Waals surface area (Å²) >= 11 is 0. The SMILES string of the molecule is O=C(O)CCC1(C2(NC(=O)c3cccc4ccn(Cc5ccc(N6CCCC(O)C6)cn5)c34)CC2)CC1. The van der Waals surface area contributed by atoms with Crippen LogP contribution in [0.2, 0.25) is 0 Å². The third kappa shape index (κ3) is 4.59. The van der Waals surface area contributed by atoms with E-state index in [1.54, 1.807) is 0 Å². The number of amides is 1. The van der Waals surface area contributed by atoms with Crippen LogP contribution in [0, 0.1) is 5.41 Å². The summed E-state index contributed by atoms with van der Waals surface area (Å²) in [5, 5.41) is 23.5. The van der Waals surface area contributed by atoms with Crippen molar-refractivity contribution in [2.75, 3.05) is 18.0 Å². The number of anilines is 1. The lowest BCUT2D eigenvalue weighted by molar-refractivity contribution is -0.137. The lowest BCUT2D eigenvalue weighted by atomic mass is 9.88. The predicted molar refractivity (Wildman–Crippen MR) is 141 cm³/mol. The molecule has 8 nitrogen and oxygen atoms in total. The number of piperidine rings is 1. The Morgan fingerprint density at radius 1 is 1.11 bits per heavy atom. The number of aliphatic hydroxyl groups is 1. The van der Waals surface area contributed by atoms with Gasteiger partial charge in [-0.3, -0.25) is 14.6 Å². The average molecular weight is 503 g/mol. The number of hydrogen-bond acceptors (Lipinski definition) is 5. The monoisotopic (exact) mass is 502 g/mol. The van der Waals surface area contributed by atoms with Crippen molar-refractivity contribution in [2.45, 2.75) is 69.6 Å². The molecule has 2 saturated carbocycles. The van der Waals surface area contributed by atoms with Crippen LogP contribution in [-0.4, -0.2) is 56.4 Å². The van der Waals surface area contributed by atoms with Gasteiger partial charge in [0, 0.05) is 36.6 Å². The molecular formula is C29H34N4O4. The number of hydrogen-bond donors (Lipinski definition) is 3. The number of carbonyl (C=O) groups excluding carboxylic acids is 1. The first-order chi connectivity index (χ1) is 17.9. The van der Waals surface area contributed by atoms with Crippen LogP contribution >= 0.6 is 0 Å². The second-order valence-corrected chi connectivity index (χ2v) is 11.1. The van der Waals surface area contributed by atoms with E-state index in [-0.39, 0.29) is 29.4 Å². The minimum Gasteiger partial charge on any atom is -0.481 e. The van der Waals surface area contributed by atoms with Crippen molar-refractivity contribution in [1.29, 1.82) is 0 Å². The zero-order valence-corrected chi connectivity index (χ0v) is 21.0. The highest BCUT2D eigenvalue weighted by molar-refractivity contribution is 6.06. The maximum Gasteiger partial charge on any atom is 0.303 e. The van der Waals surface area contributed by atoms with E-state index in [1.807, 2.05) is 42.7 Å². The number of carboxylic acids is 1. The third-order valence-corrected chi connectivity index (χ3v) is 8.73. The minimum absolute atomic E-state index is 0.0625. The van der Waals surface area contributed by atoms with E-state index in [2.05, 4.69) is 25.8 Å². The van der Waals surface area contributed by atoms with Gasteiger partial charge in [0.1, 0.15) is 0 Å². The van der Waals surface area contributed by atoms with Gasteiger partial charge in [-0.2, -0.15) is 0 Å². The number of fused-ring (bicyclic) bond motifs is 1. The second kappa shape index (κ2) is 9.17. The molecule has 194 valence electrons. The molecule has 1 saturated heterocycles. The van der Waals surface area contributed by atoms with Crippen LogP contribution in [0.3, 0.4) is 0 Å². The van der Waals surface area contributed by atoms with E-state index in [0.717, 1.165) is 67.4 Å². The van der Waals surface area contributed by atoms with Crippen molar-refractivity contribution in [1.82, 2.24) is 14.9 Å².